The first-order chi connectivity index (χ1) is 7.96. The van der Waals surface area contributed by atoms with Crippen molar-refractivity contribution in [3.63, 3.8) is 0 Å². The van der Waals surface area contributed by atoms with E-state index in [-0.39, 0.29) is 5.56 Å². The second-order valence-electron chi connectivity index (χ2n) is 5.02. The topological polar surface area (TPSA) is 71.5 Å². The van der Waals surface area contributed by atoms with E-state index in [4.69, 9.17) is 5.73 Å². The van der Waals surface area contributed by atoms with Gasteiger partial charge in [0.05, 0.1) is 5.60 Å². The summed E-state index contributed by atoms with van der Waals surface area (Å²) in [6, 6.07) is 3.09. The third-order valence-electron chi connectivity index (χ3n) is 3.19. The molecular weight excluding hydrogens is 218 g/mol. The molecule has 5 heteroatoms. The van der Waals surface area contributed by atoms with Crippen molar-refractivity contribution in [1.29, 1.82) is 0 Å². The fourth-order valence-corrected chi connectivity index (χ4v) is 2.20. The highest BCUT2D eigenvalue weighted by Gasteiger charge is 2.30. The van der Waals surface area contributed by atoms with Gasteiger partial charge in [0.15, 0.2) is 0 Å². The molecule has 3 N–H and O–H groups in total. The molecule has 0 aliphatic carbocycles. The van der Waals surface area contributed by atoms with Gasteiger partial charge in [-0.3, -0.25) is 9.69 Å². The number of nitrogens with zero attached hydrogens (tertiary/aromatic N) is 2. The number of pyridine rings is 1. The zero-order chi connectivity index (χ0) is 12.5. The summed E-state index contributed by atoms with van der Waals surface area (Å²) in [6.07, 6.45) is 2.45. The molecule has 1 aliphatic heterocycles. The Bertz CT molecular complexity index is 453. The van der Waals surface area contributed by atoms with Gasteiger partial charge in [-0.2, -0.15) is 0 Å². The van der Waals surface area contributed by atoms with E-state index in [9.17, 15) is 9.90 Å². The molecule has 17 heavy (non-hydrogen) atoms. The van der Waals surface area contributed by atoms with Gasteiger partial charge in [0.1, 0.15) is 0 Å². The number of rotatable bonds is 3. The van der Waals surface area contributed by atoms with E-state index in [0.717, 1.165) is 19.5 Å². The third-order valence-corrected chi connectivity index (χ3v) is 3.19. The number of aromatic nitrogens is 1. The summed E-state index contributed by atoms with van der Waals surface area (Å²) in [4.78, 5) is 13.7. The maximum absolute atomic E-state index is 11.5. The Kier molecular flexibility index (Phi) is 3.22. The van der Waals surface area contributed by atoms with Gasteiger partial charge >= 0.3 is 0 Å². The Labute approximate surface area is 100 Å². The molecule has 1 saturated heterocycles. The minimum atomic E-state index is -0.583. The summed E-state index contributed by atoms with van der Waals surface area (Å²) >= 11 is 0. The van der Waals surface area contributed by atoms with Crippen LogP contribution in [0.15, 0.2) is 23.1 Å². The number of hydrogen-bond donors (Lipinski definition) is 2. The molecule has 94 valence electrons. The Balaban J connectivity index is 1.95. The molecule has 0 amide bonds. The second kappa shape index (κ2) is 4.50. The molecule has 0 bridgehead atoms. The van der Waals surface area contributed by atoms with Gasteiger partial charge in [-0.05, 0) is 19.4 Å². The fraction of sp³-hybridized carbons (Fsp3) is 0.583. The monoisotopic (exact) mass is 237 g/mol. The van der Waals surface area contributed by atoms with Crippen molar-refractivity contribution < 1.29 is 5.11 Å². The minimum Gasteiger partial charge on any atom is -0.398 e. The molecule has 1 fully saturated rings. The van der Waals surface area contributed by atoms with Gasteiger partial charge in [0.2, 0.25) is 0 Å². The maximum Gasteiger partial charge on any atom is 0.250 e. The Morgan fingerprint density at radius 2 is 2.24 bits per heavy atom. The maximum atomic E-state index is 11.5. The lowest BCUT2D eigenvalue weighted by atomic mass is 10.1. The third kappa shape index (κ3) is 3.08. The smallest absolute Gasteiger partial charge is 0.250 e. The minimum absolute atomic E-state index is 0.0369. The highest BCUT2D eigenvalue weighted by Crippen LogP contribution is 2.19. The van der Waals surface area contributed by atoms with E-state index in [1.54, 1.807) is 16.8 Å². The summed E-state index contributed by atoms with van der Waals surface area (Å²) in [6.45, 7) is 4.77. The van der Waals surface area contributed by atoms with E-state index in [1.807, 2.05) is 6.92 Å². The standard InChI is InChI=1S/C12H19N3O2/c1-12(17)4-5-14(9-12)6-7-15-8-10(13)2-3-11(15)16/h2-3,8,17H,4-7,9,13H2,1H3. The average molecular weight is 237 g/mol. The number of anilines is 1. The molecule has 1 unspecified atom stereocenters. The van der Waals surface area contributed by atoms with Crippen LogP contribution in [0.25, 0.3) is 0 Å². The molecule has 0 radical (unpaired) electrons. The molecule has 1 atom stereocenters. The molecule has 5 nitrogen and oxygen atoms in total. The average Bonchev–Trinajstić information content (AvgIpc) is 2.60. The van der Waals surface area contributed by atoms with Crippen LogP contribution in [0.1, 0.15) is 13.3 Å². The highest BCUT2D eigenvalue weighted by molar-refractivity contribution is 5.33. The number of likely N-dealkylation sites (tertiary alicyclic amines) is 1. The summed E-state index contributed by atoms with van der Waals surface area (Å²) in [5, 5.41) is 9.83. The van der Waals surface area contributed by atoms with Crippen LogP contribution in [0.3, 0.4) is 0 Å². The van der Waals surface area contributed by atoms with Gasteiger partial charge in [-0.1, -0.05) is 0 Å². The summed E-state index contributed by atoms with van der Waals surface area (Å²) in [5.41, 5.74) is 5.62. The zero-order valence-electron chi connectivity index (χ0n) is 10.1. The van der Waals surface area contributed by atoms with Crippen molar-refractivity contribution in [2.45, 2.75) is 25.5 Å². The number of nitrogens with two attached hydrogens (primary N) is 1. The van der Waals surface area contributed by atoms with E-state index in [1.165, 1.54) is 6.07 Å². The zero-order valence-corrected chi connectivity index (χ0v) is 10.1. The summed E-state index contributed by atoms with van der Waals surface area (Å²) in [5.74, 6) is 0. The van der Waals surface area contributed by atoms with Crippen LogP contribution in [0, 0.1) is 0 Å². The van der Waals surface area contributed by atoms with Crippen molar-refractivity contribution in [2.24, 2.45) is 0 Å². The predicted molar refractivity (Wildman–Crippen MR) is 66.8 cm³/mol. The number of β-amino-alcohol motifs (C(OH)–C–C–N with tert-alkyl or cyclic N) is 1. The Hall–Kier alpha value is -1.33. The fourth-order valence-electron chi connectivity index (χ4n) is 2.20. The molecule has 1 aromatic heterocycles. The van der Waals surface area contributed by atoms with Crippen molar-refractivity contribution in [1.82, 2.24) is 9.47 Å². The molecule has 1 aromatic rings. The van der Waals surface area contributed by atoms with E-state index >= 15 is 0 Å². The van der Waals surface area contributed by atoms with Crippen molar-refractivity contribution in [3.05, 3.63) is 28.7 Å². The first-order valence-corrected chi connectivity index (χ1v) is 5.87. The number of aliphatic hydroxyl groups is 1. The normalized spacial score (nSPS) is 25.3. The predicted octanol–water partition coefficient (Wildman–Crippen LogP) is -0.113. The van der Waals surface area contributed by atoms with Gasteiger partial charge in [-0.15, -0.1) is 0 Å². The lowest BCUT2D eigenvalue weighted by molar-refractivity contribution is 0.0683. The van der Waals surface area contributed by atoms with Crippen LogP contribution in [-0.4, -0.2) is 39.8 Å². The second-order valence-corrected chi connectivity index (χ2v) is 5.02. The summed E-state index contributed by atoms with van der Waals surface area (Å²) < 4.78 is 1.61. The highest BCUT2D eigenvalue weighted by atomic mass is 16.3. The van der Waals surface area contributed by atoms with Crippen molar-refractivity contribution in [3.8, 4) is 0 Å². The lowest BCUT2D eigenvalue weighted by Gasteiger charge is -2.19. The molecular formula is C12H19N3O2. The SMILES string of the molecule is CC1(O)CCN(CCn2cc(N)ccc2=O)C1. The van der Waals surface area contributed by atoms with E-state index in [2.05, 4.69) is 4.90 Å². The van der Waals surface area contributed by atoms with Crippen LogP contribution in [0.4, 0.5) is 5.69 Å². The first-order valence-electron chi connectivity index (χ1n) is 5.87. The van der Waals surface area contributed by atoms with Crippen LogP contribution in [0.5, 0.6) is 0 Å². The van der Waals surface area contributed by atoms with E-state index < -0.39 is 5.60 Å². The Morgan fingerprint density at radius 3 is 2.88 bits per heavy atom. The largest absolute Gasteiger partial charge is 0.398 e. The first kappa shape index (κ1) is 12.1. The van der Waals surface area contributed by atoms with Crippen LogP contribution in [0.2, 0.25) is 0 Å². The van der Waals surface area contributed by atoms with Gasteiger partial charge < -0.3 is 15.4 Å². The molecule has 0 aromatic carbocycles. The molecule has 0 spiro atoms. The number of nitrogen functional groups attached to an aromatic ring is 1. The molecule has 1 aliphatic rings. The van der Waals surface area contributed by atoms with Crippen molar-refractivity contribution >= 4 is 5.69 Å². The Morgan fingerprint density at radius 1 is 1.47 bits per heavy atom. The van der Waals surface area contributed by atoms with Crippen LogP contribution < -0.4 is 11.3 Å². The molecule has 0 saturated carbocycles. The van der Waals surface area contributed by atoms with Crippen LogP contribution >= 0.6 is 0 Å². The quantitative estimate of drug-likeness (QED) is 0.769. The molecule has 2 heterocycles. The van der Waals surface area contributed by atoms with Crippen LogP contribution in [-0.2, 0) is 6.54 Å². The van der Waals surface area contributed by atoms with Gasteiger partial charge in [0.25, 0.3) is 5.56 Å². The molecule has 2 rings (SSSR count). The van der Waals surface area contributed by atoms with Gasteiger partial charge in [0, 0.05) is 44.1 Å². The number of hydrogen-bond acceptors (Lipinski definition) is 4. The lowest BCUT2D eigenvalue weighted by Crippen LogP contribution is -2.33. The van der Waals surface area contributed by atoms with Gasteiger partial charge in [-0.25, -0.2) is 0 Å². The van der Waals surface area contributed by atoms with E-state index in [0.29, 0.717) is 18.8 Å². The summed E-state index contributed by atoms with van der Waals surface area (Å²) in [7, 11) is 0. The van der Waals surface area contributed by atoms with Crippen molar-refractivity contribution in [2.75, 3.05) is 25.4 Å².